The van der Waals surface area contributed by atoms with E-state index in [4.69, 9.17) is 0 Å². The molecule has 0 aliphatic rings. The average Bonchev–Trinajstić information content (AvgIpc) is 2.92. The molecule has 0 fully saturated rings. The van der Waals surface area contributed by atoms with Gasteiger partial charge >= 0.3 is 0 Å². The van der Waals surface area contributed by atoms with Crippen LogP contribution in [0.4, 0.5) is 0 Å². The van der Waals surface area contributed by atoms with Gasteiger partial charge in [-0.3, -0.25) is 9.89 Å². The fraction of sp³-hybridized carbons (Fsp3) is 0.500. The van der Waals surface area contributed by atoms with Crippen LogP contribution in [0.3, 0.4) is 0 Å². The van der Waals surface area contributed by atoms with Crippen LogP contribution in [0.2, 0.25) is 0 Å². The van der Waals surface area contributed by atoms with E-state index in [9.17, 15) is 4.79 Å². The Morgan fingerprint density at radius 2 is 2.15 bits per heavy atom. The molecule has 1 unspecified atom stereocenters. The van der Waals surface area contributed by atoms with Crippen LogP contribution in [0.15, 0.2) is 24.4 Å². The Morgan fingerprint density at radius 1 is 1.30 bits per heavy atom. The minimum Gasteiger partial charge on any atom is -0.349 e. The molecule has 2 aromatic rings. The number of aromatic nitrogens is 2. The summed E-state index contributed by atoms with van der Waals surface area (Å²) in [4.78, 5) is 12.3. The van der Waals surface area contributed by atoms with Crippen molar-refractivity contribution in [2.24, 2.45) is 0 Å². The third kappa shape index (κ3) is 3.59. The number of fused-ring (bicyclic) bond motifs is 1. The molecule has 2 N–H and O–H groups in total. The number of benzene rings is 1. The number of hydrogen-bond acceptors (Lipinski definition) is 2. The van der Waals surface area contributed by atoms with Crippen LogP contribution < -0.4 is 5.32 Å². The van der Waals surface area contributed by atoms with Gasteiger partial charge in [0.05, 0.1) is 11.7 Å². The zero-order chi connectivity index (χ0) is 14.4. The summed E-state index contributed by atoms with van der Waals surface area (Å²) in [5.41, 5.74) is 1.60. The van der Waals surface area contributed by atoms with E-state index < -0.39 is 0 Å². The first kappa shape index (κ1) is 14.6. The highest BCUT2D eigenvalue weighted by Crippen LogP contribution is 2.14. The molecule has 0 aliphatic heterocycles. The van der Waals surface area contributed by atoms with Gasteiger partial charge in [0.1, 0.15) is 0 Å². The number of aromatic amines is 1. The molecule has 0 spiro atoms. The van der Waals surface area contributed by atoms with Crippen molar-refractivity contribution in [2.45, 2.75) is 52.0 Å². The predicted octanol–water partition coefficient (Wildman–Crippen LogP) is 3.65. The summed E-state index contributed by atoms with van der Waals surface area (Å²) in [5.74, 6) is 0.0102. The lowest BCUT2D eigenvalue weighted by Gasteiger charge is -2.17. The Balaban J connectivity index is 2.04. The van der Waals surface area contributed by atoms with Gasteiger partial charge in [0.25, 0.3) is 5.91 Å². The van der Waals surface area contributed by atoms with Crippen LogP contribution in [0.5, 0.6) is 0 Å². The summed E-state index contributed by atoms with van der Waals surface area (Å²) in [6.07, 6.45) is 7.27. The second kappa shape index (κ2) is 7.08. The van der Waals surface area contributed by atoms with Gasteiger partial charge in [-0.15, -0.1) is 0 Å². The number of nitrogens with zero attached hydrogens (tertiary/aromatic N) is 1. The van der Waals surface area contributed by atoms with E-state index in [0.717, 1.165) is 43.0 Å². The van der Waals surface area contributed by atoms with Crippen LogP contribution in [-0.2, 0) is 0 Å². The molecule has 4 nitrogen and oxygen atoms in total. The van der Waals surface area contributed by atoms with Crippen molar-refractivity contribution >= 4 is 16.8 Å². The Labute approximate surface area is 120 Å². The van der Waals surface area contributed by atoms with E-state index in [1.165, 1.54) is 0 Å². The van der Waals surface area contributed by atoms with Crippen molar-refractivity contribution in [1.82, 2.24) is 15.5 Å². The number of carbonyl (C=O) groups excluding carboxylic acids is 1. The largest absolute Gasteiger partial charge is 0.349 e. The summed E-state index contributed by atoms with van der Waals surface area (Å²) >= 11 is 0. The zero-order valence-corrected chi connectivity index (χ0v) is 12.3. The van der Waals surface area contributed by atoms with Gasteiger partial charge in [-0.1, -0.05) is 39.2 Å². The van der Waals surface area contributed by atoms with Gasteiger partial charge in [0.2, 0.25) is 0 Å². The minimum atomic E-state index is 0.0102. The lowest BCUT2D eigenvalue weighted by Crippen LogP contribution is -2.34. The summed E-state index contributed by atoms with van der Waals surface area (Å²) < 4.78 is 0. The van der Waals surface area contributed by atoms with Crippen molar-refractivity contribution in [3.05, 3.63) is 30.0 Å². The second-order valence-corrected chi connectivity index (χ2v) is 5.27. The number of unbranched alkanes of at least 4 members (excludes halogenated alkanes) is 1. The number of hydrogen-bond donors (Lipinski definition) is 2. The lowest BCUT2D eigenvalue weighted by atomic mass is 10.0. The third-order valence-electron chi connectivity index (χ3n) is 3.58. The number of nitrogens with one attached hydrogen (secondary N) is 2. The second-order valence-electron chi connectivity index (χ2n) is 5.27. The highest BCUT2D eigenvalue weighted by atomic mass is 16.1. The predicted molar refractivity (Wildman–Crippen MR) is 81.8 cm³/mol. The lowest BCUT2D eigenvalue weighted by molar-refractivity contribution is 0.0932. The van der Waals surface area contributed by atoms with Gasteiger partial charge in [-0.05, 0) is 25.0 Å². The first-order valence-electron chi connectivity index (χ1n) is 7.48. The standard InChI is InChI=1S/C16H23N3O/c1-3-5-7-14(6-4-2)18-16(20)12-8-9-13-11-17-19-15(13)10-12/h8-11,14H,3-7H2,1-2H3,(H,17,19)(H,18,20). The normalized spacial score (nSPS) is 12.5. The maximum Gasteiger partial charge on any atom is 0.251 e. The van der Waals surface area contributed by atoms with E-state index in [1.54, 1.807) is 6.20 Å². The number of H-pyrrole nitrogens is 1. The first-order valence-corrected chi connectivity index (χ1v) is 7.48. The van der Waals surface area contributed by atoms with E-state index in [-0.39, 0.29) is 11.9 Å². The molecule has 0 bridgehead atoms. The van der Waals surface area contributed by atoms with E-state index in [2.05, 4.69) is 29.4 Å². The topological polar surface area (TPSA) is 57.8 Å². The van der Waals surface area contributed by atoms with Crippen LogP contribution in [-0.4, -0.2) is 22.1 Å². The molecule has 0 radical (unpaired) electrons. The number of amides is 1. The zero-order valence-electron chi connectivity index (χ0n) is 12.3. The molecule has 108 valence electrons. The molecule has 4 heteroatoms. The van der Waals surface area contributed by atoms with Gasteiger partial charge in [0.15, 0.2) is 0 Å². The van der Waals surface area contributed by atoms with Crippen molar-refractivity contribution in [3.63, 3.8) is 0 Å². The van der Waals surface area contributed by atoms with Crippen LogP contribution in [0.25, 0.3) is 10.9 Å². The summed E-state index contributed by atoms with van der Waals surface area (Å²) in [5, 5.41) is 11.1. The molecule has 1 amide bonds. The third-order valence-corrected chi connectivity index (χ3v) is 3.58. The SMILES string of the molecule is CCCCC(CCC)NC(=O)c1ccc2cn[nH]c2c1. The Hall–Kier alpha value is -1.84. The van der Waals surface area contributed by atoms with Gasteiger partial charge in [0, 0.05) is 17.0 Å². The fourth-order valence-electron chi connectivity index (χ4n) is 2.43. The average molecular weight is 273 g/mol. The molecule has 0 aliphatic carbocycles. The molecule has 2 rings (SSSR count). The molecule has 1 aromatic carbocycles. The molecule has 1 aromatic heterocycles. The quantitative estimate of drug-likeness (QED) is 0.809. The summed E-state index contributed by atoms with van der Waals surface area (Å²) in [7, 11) is 0. The Morgan fingerprint density at radius 3 is 2.90 bits per heavy atom. The molecular weight excluding hydrogens is 250 g/mol. The first-order chi connectivity index (χ1) is 9.74. The summed E-state index contributed by atoms with van der Waals surface area (Å²) in [6.45, 7) is 4.33. The van der Waals surface area contributed by atoms with Crippen molar-refractivity contribution in [1.29, 1.82) is 0 Å². The minimum absolute atomic E-state index is 0.0102. The molecule has 20 heavy (non-hydrogen) atoms. The molecule has 1 heterocycles. The maximum atomic E-state index is 12.3. The monoisotopic (exact) mass is 273 g/mol. The Kier molecular flexibility index (Phi) is 5.16. The molecular formula is C16H23N3O. The van der Waals surface area contributed by atoms with E-state index in [0.29, 0.717) is 5.56 Å². The summed E-state index contributed by atoms with van der Waals surface area (Å²) in [6, 6.07) is 5.93. The smallest absolute Gasteiger partial charge is 0.251 e. The maximum absolute atomic E-state index is 12.3. The Bertz CT molecular complexity index is 562. The van der Waals surface area contributed by atoms with Gasteiger partial charge < -0.3 is 5.32 Å². The van der Waals surface area contributed by atoms with Crippen molar-refractivity contribution < 1.29 is 4.79 Å². The van der Waals surface area contributed by atoms with Gasteiger partial charge in [-0.25, -0.2) is 0 Å². The molecule has 0 saturated heterocycles. The molecule has 1 atom stereocenters. The molecule has 0 saturated carbocycles. The highest BCUT2D eigenvalue weighted by molar-refractivity contribution is 5.97. The van der Waals surface area contributed by atoms with E-state index in [1.807, 2.05) is 18.2 Å². The van der Waals surface area contributed by atoms with Gasteiger partial charge in [-0.2, -0.15) is 5.10 Å². The fourth-order valence-corrected chi connectivity index (χ4v) is 2.43. The van der Waals surface area contributed by atoms with Crippen LogP contribution >= 0.6 is 0 Å². The highest BCUT2D eigenvalue weighted by Gasteiger charge is 2.13. The van der Waals surface area contributed by atoms with E-state index >= 15 is 0 Å². The van der Waals surface area contributed by atoms with Crippen molar-refractivity contribution in [3.8, 4) is 0 Å². The van der Waals surface area contributed by atoms with Crippen LogP contribution in [0.1, 0.15) is 56.3 Å². The number of rotatable bonds is 7. The van der Waals surface area contributed by atoms with Crippen molar-refractivity contribution in [2.75, 3.05) is 0 Å². The number of carbonyl (C=O) groups is 1. The van der Waals surface area contributed by atoms with Crippen LogP contribution in [0, 0.1) is 0 Å².